The molecule has 0 spiro atoms. The largest absolute Gasteiger partial charge is 0.140 e. The maximum atomic E-state index is 3.50. The summed E-state index contributed by atoms with van der Waals surface area (Å²) in [5.41, 5.74) is 0. The van der Waals surface area contributed by atoms with Gasteiger partial charge in [0.2, 0.25) is 0 Å². The lowest BCUT2D eigenvalue weighted by Gasteiger charge is -1.86. The van der Waals surface area contributed by atoms with E-state index < -0.39 is 0 Å². The summed E-state index contributed by atoms with van der Waals surface area (Å²) in [7, 11) is 0. The zero-order chi connectivity index (χ0) is 9.42. The Hall–Kier alpha value is 0.360. The SMILES string of the molecule is Cc1ccc(-c2cc(Br)c(Br)s2)s1. The fourth-order valence-corrected chi connectivity index (χ4v) is 4.02. The average molecular weight is 338 g/mol. The summed E-state index contributed by atoms with van der Waals surface area (Å²) in [6, 6.07) is 6.48. The molecule has 0 saturated heterocycles. The van der Waals surface area contributed by atoms with Crippen molar-refractivity contribution in [2.24, 2.45) is 0 Å². The van der Waals surface area contributed by atoms with Gasteiger partial charge < -0.3 is 0 Å². The van der Waals surface area contributed by atoms with E-state index in [2.05, 4.69) is 57.0 Å². The van der Waals surface area contributed by atoms with E-state index in [0.717, 1.165) is 8.26 Å². The minimum atomic E-state index is 1.14. The van der Waals surface area contributed by atoms with Gasteiger partial charge in [-0.2, -0.15) is 0 Å². The molecule has 13 heavy (non-hydrogen) atoms. The highest BCUT2D eigenvalue weighted by molar-refractivity contribution is 9.13. The van der Waals surface area contributed by atoms with E-state index in [1.165, 1.54) is 14.6 Å². The second-order valence-corrected chi connectivity index (χ2v) is 7.15. The van der Waals surface area contributed by atoms with Gasteiger partial charge in [-0.1, -0.05) is 0 Å². The van der Waals surface area contributed by atoms with Gasteiger partial charge in [0.05, 0.1) is 3.79 Å². The summed E-state index contributed by atoms with van der Waals surface area (Å²) < 4.78 is 2.30. The van der Waals surface area contributed by atoms with E-state index in [1.54, 1.807) is 11.3 Å². The van der Waals surface area contributed by atoms with Crippen molar-refractivity contribution in [2.75, 3.05) is 0 Å². The van der Waals surface area contributed by atoms with E-state index in [-0.39, 0.29) is 0 Å². The lowest BCUT2D eigenvalue weighted by Crippen LogP contribution is -1.56. The molecule has 4 heteroatoms. The van der Waals surface area contributed by atoms with Gasteiger partial charge in [-0.15, -0.1) is 22.7 Å². The van der Waals surface area contributed by atoms with Gasteiger partial charge in [0.1, 0.15) is 0 Å². The molecule has 0 radical (unpaired) electrons. The Morgan fingerprint density at radius 1 is 1.08 bits per heavy atom. The van der Waals surface area contributed by atoms with Gasteiger partial charge in [-0.05, 0) is 57.0 Å². The molecule has 68 valence electrons. The summed E-state index contributed by atoms with van der Waals surface area (Å²) in [4.78, 5) is 4.02. The van der Waals surface area contributed by atoms with Crippen LogP contribution in [0.1, 0.15) is 4.88 Å². The summed E-state index contributed by atoms with van der Waals surface area (Å²) in [6.07, 6.45) is 0. The zero-order valence-corrected chi connectivity index (χ0v) is 11.6. The van der Waals surface area contributed by atoms with Gasteiger partial charge in [0.25, 0.3) is 0 Å². The Balaban J connectivity index is 2.46. The highest BCUT2D eigenvalue weighted by atomic mass is 79.9. The van der Waals surface area contributed by atoms with Crippen LogP contribution in [0.5, 0.6) is 0 Å². The lowest BCUT2D eigenvalue weighted by molar-refractivity contribution is 1.64. The van der Waals surface area contributed by atoms with Gasteiger partial charge in [0.15, 0.2) is 0 Å². The molecular weight excluding hydrogens is 332 g/mol. The molecule has 0 aliphatic carbocycles. The monoisotopic (exact) mass is 336 g/mol. The third-order valence-electron chi connectivity index (χ3n) is 1.63. The highest BCUT2D eigenvalue weighted by Gasteiger charge is 2.07. The number of thiophene rings is 2. The Labute approximate surface area is 102 Å². The van der Waals surface area contributed by atoms with Gasteiger partial charge >= 0.3 is 0 Å². The third-order valence-corrected chi connectivity index (χ3v) is 6.08. The Morgan fingerprint density at radius 2 is 1.85 bits per heavy atom. The first-order valence-electron chi connectivity index (χ1n) is 3.68. The molecule has 0 nitrogen and oxygen atoms in total. The van der Waals surface area contributed by atoms with E-state index in [9.17, 15) is 0 Å². The van der Waals surface area contributed by atoms with Crippen molar-refractivity contribution in [3.63, 3.8) is 0 Å². The van der Waals surface area contributed by atoms with Gasteiger partial charge in [-0.25, -0.2) is 0 Å². The first-order chi connectivity index (χ1) is 6.16. The summed E-state index contributed by atoms with van der Waals surface area (Å²) in [6.45, 7) is 2.13. The van der Waals surface area contributed by atoms with Crippen LogP contribution in [-0.2, 0) is 0 Å². The van der Waals surface area contributed by atoms with Crippen LogP contribution < -0.4 is 0 Å². The normalized spacial score (nSPS) is 10.7. The minimum absolute atomic E-state index is 1.14. The molecule has 0 N–H and O–H groups in total. The maximum absolute atomic E-state index is 3.50. The average Bonchev–Trinajstić information content (AvgIpc) is 2.61. The van der Waals surface area contributed by atoms with Crippen LogP contribution in [-0.4, -0.2) is 0 Å². The number of hydrogen-bond donors (Lipinski definition) is 0. The van der Waals surface area contributed by atoms with Crippen LogP contribution in [0.4, 0.5) is 0 Å². The molecule has 0 aliphatic heterocycles. The molecule has 2 aromatic rings. The molecule has 0 fully saturated rings. The van der Waals surface area contributed by atoms with Crippen LogP contribution >= 0.6 is 54.5 Å². The number of halogens is 2. The summed E-state index contributed by atoms with van der Waals surface area (Å²) in [5.74, 6) is 0. The van der Waals surface area contributed by atoms with Crippen molar-refractivity contribution in [1.29, 1.82) is 0 Å². The predicted molar refractivity (Wildman–Crippen MR) is 67.8 cm³/mol. The molecule has 0 aromatic carbocycles. The second kappa shape index (κ2) is 3.85. The fraction of sp³-hybridized carbons (Fsp3) is 0.111. The van der Waals surface area contributed by atoms with Crippen LogP contribution in [0.15, 0.2) is 26.5 Å². The summed E-state index contributed by atoms with van der Waals surface area (Å²) >= 11 is 10.6. The molecule has 0 atom stereocenters. The Morgan fingerprint density at radius 3 is 2.31 bits per heavy atom. The van der Waals surface area contributed by atoms with Crippen molar-refractivity contribution in [2.45, 2.75) is 6.92 Å². The number of hydrogen-bond acceptors (Lipinski definition) is 2. The minimum Gasteiger partial charge on any atom is -0.140 e. The lowest BCUT2D eigenvalue weighted by atomic mass is 10.4. The topological polar surface area (TPSA) is 0 Å². The second-order valence-electron chi connectivity index (χ2n) is 2.64. The van der Waals surface area contributed by atoms with E-state index >= 15 is 0 Å². The first kappa shape index (κ1) is 9.90. The molecule has 0 unspecified atom stereocenters. The van der Waals surface area contributed by atoms with Crippen LogP contribution in [0.25, 0.3) is 9.75 Å². The van der Waals surface area contributed by atoms with Gasteiger partial charge in [-0.3, -0.25) is 0 Å². The van der Waals surface area contributed by atoms with E-state index in [4.69, 9.17) is 0 Å². The molecule has 0 amide bonds. The highest BCUT2D eigenvalue weighted by Crippen LogP contribution is 2.40. The van der Waals surface area contributed by atoms with Crippen molar-refractivity contribution < 1.29 is 0 Å². The van der Waals surface area contributed by atoms with Crippen LogP contribution in [0, 0.1) is 6.92 Å². The molecule has 2 rings (SSSR count). The Kier molecular flexibility index (Phi) is 2.93. The standard InChI is InChI=1S/C9H6Br2S2/c1-5-2-3-7(12-5)8-4-6(10)9(11)13-8/h2-4H,1H3. The van der Waals surface area contributed by atoms with Crippen molar-refractivity contribution in [3.05, 3.63) is 31.3 Å². The van der Waals surface area contributed by atoms with Crippen LogP contribution in [0.2, 0.25) is 0 Å². The van der Waals surface area contributed by atoms with Crippen molar-refractivity contribution in [1.82, 2.24) is 0 Å². The van der Waals surface area contributed by atoms with E-state index in [0.29, 0.717) is 0 Å². The number of aryl methyl sites for hydroxylation is 1. The van der Waals surface area contributed by atoms with E-state index in [1.807, 2.05) is 11.3 Å². The molecule has 0 bridgehead atoms. The first-order valence-corrected chi connectivity index (χ1v) is 6.90. The molecule has 2 heterocycles. The van der Waals surface area contributed by atoms with Gasteiger partial charge in [0, 0.05) is 19.1 Å². The van der Waals surface area contributed by atoms with Crippen molar-refractivity contribution in [3.8, 4) is 9.75 Å². The Bertz CT molecular complexity index is 409. The fourth-order valence-electron chi connectivity index (χ4n) is 1.03. The zero-order valence-electron chi connectivity index (χ0n) is 6.80. The summed E-state index contributed by atoms with van der Waals surface area (Å²) in [5, 5.41) is 0. The number of rotatable bonds is 1. The molecule has 0 aliphatic rings. The molecule has 2 aromatic heterocycles. The van der Waals surface area contributed by atoms with Crippen molar-refractivity contribution >= 4 is 54.5 Å². The molecule has 0 saturated carbocycles. The third kappa shape index (κ3) is 2.06. The smallest absolute Gasteiger partial charge is 0.0847 e. The van der Waals surface area contributed by atoms with Crippen LogP contribution in [0.3, 0.4) is 0 Å². The quantitative estimate of drug-likeness (QED) is 0.661. The maximum Gasteiger partial charge on any atom is 0.0847 e. The predicted octanol–water partition coefficient (Wildman–Crippen LogP) is 5.31. The molecular formula is C9H6Br2S2.